The van der Waals surface area contributed by atoms with Crippen LogP contribution in [0.1, 0.15) is 12.5 Å². The Morgan fingerprint density at radius 3 is 2.64 bits per heavy atom. The van der Waals surface area contributed by atoms with Crippen molar-refractivity contribution < 1.29 is 21.6 Å². The molecule has 0 atom stereocenters. The number of rotatable bonds is 4. The third-order valence-corrected chi connectivity index (χ3v) is 5.03. The van der Waals surface area contributed by atoms with Gasteiger partial charge < -0.3 is 4.98 Å². The van der Waals surface area contributed by atoms with Gasteiger partial charge in [-0.1, -0.05) is 6.07 Å². The van der Waals surface area contributed by atoms with Crippen LogP contribution >= 0.6 is 0 Å². The highest BCUT2D eigenvalue weighted by atomic mass is 32.2. The Morgan fingerprint density at radius 1 is 1.20 bits per heavy atom. The van der Waals surface area contributed by atoms with E-state index in [0.717, 1.165) is 12.1 Å². The van der Waals surface area contributed by atoms with Crippen molar-refractivity contribution in [2.45, 2.75) is 13.1 Å². The maximum absolute atomic E-state index is 13.4. The number of halogens is 3. The van der Waals surface area contributed by atoms with Gasteiger partial charge in [-0.15, -0.1) is 0 Å². The maximum atomic E-state index is 13.4. The Balaban J connectivity index is 2.16. The summed E-state index contributed by atoms with van der Waals surface area (Å²) < 4.78 is 65.6. The first-order valence-corrected chi connectivity index (χ1v) is 9.00. The Labute approximate surface area is 142 Å². The minimum atomic E-state index is -4.70. The zero-order valence-corrected chi connectivity index (χ0v) is 13.9. The zero-order valence-electron chi connectivity index (χ0n) is 13.1. The molecule has 0 amide bonds. The van der Waals surface area contributed by atoms with Gasteiger partial charge in [-0.2, -0.15) is 13.2 Å². The second-order valence-electron chi connectivity index (χ2n) is 5.36. The average molecular weight is 369 g/mol. The van der Waals surface area contributed by atoms with Crippen molar-refractivity contribution in [1.29, 1.82) is 0 Å². The number of aromatic nitrogens is 2. The SMILES string of the molecule is CCS(=O)(=O)Nc1ccc(-c2ccnc3[nH]ccc23)cc1C(F)(F)F. The lowest BCUT2D eigenvalue weighted by molar-refractivity contribution is -0.136. The Hall–Kier alpha value is -2.55. The molecule has 0 bridgehead atoms. The van der Waals surface area contributed by atoms with E-state index in [2.05, 4.69) is 9.97 Å². The largest absolute Gasteiger partial charge is 0.418 e. The smallest absolute Gasteiger partial charge is 0.346 e. The summed E-state index contributed by atoms with van der Waals surface area (Å²) in [4.78, 5) is 7.01. The van der Waals surface area contributed by atoms with Crippen LogP contribution in [0.25, 0.3) is 22.2 Å². The number of pyridine rings is 1. The third kappa shape index (κ3) is 3.46. The molecular formula is C16H14F3N3O2S. The van der Waals surface area contributed by atoms with E-state index in [1.165, 1.54) is 19.2 Å². The molecule has 2 N–H and O–H groups in total. The van der Waals surface area contributed by atoms with Crippen LogP contribution in [0, 0.1) is 0 Å². The molecule has 0 fully saturated rings. The predicted molar refractivity (Wildman–Crippen MR) is 89.6 cm³/mol. The highest BCUT2D eigenvalue weighted by molar-refractivity contribution is 7.92. The van der Waals surface area contributed by atoms with Gasteiger partial charge >= 0.3 is 6.18 Å². The molecule has 3 rings (SSSR count). The van der Waals surface area contributed by atoms with Gasteiger partial charge in [0.2, 0.25) is 10.0 Å². The summed E-state index contributed by atoms with van der Waals surface area (Å²) in [7, 11) is -3.82. The molecule has 0 unspecified atom stereocenters. The molecule has 132 valence electrons. The lowest BCUT2D eigenvalue weighted by Crippen LogP contribution is -2.18. The number of H-pyrrole nitrogens is 1. The highest BCUT2D eigenvalue weighted by Crippen LogP contribution is 2.39. The molecule has 0 aliphatic rings. The van der Waals surface area contributed by atoms with E-state index in [4.69, 9.17) is 0 Å². The first kappa shape index (κ1) is 17.3. The van der Waals surface area contributed by atoms with E-state index >= 15 is 0 Å². The van der Waals surface area contributed by atoms with E-state index < -0.39 is 27.5 Å². The normalized spacial score (nSPS) is 12.5. The number of hydrogen-bond acceptors (Lipinski definition) is 3. The fraction of sp³-hybridized carbons (Fsp3) is 0.188. The van der Waals surface area contributed by atoms with Crippen molar-refractivity contribution in [2.75, 3.05) is 10.5 Å². The monoisotopic (exact) mass is 369 g/mol. The maximum Gasteiger partial charge on any atom is 0.418 e. The van der Waals surface area contributed by atoms with Crippen LogP contribution in [0.2, 0.25) is 0 Å². The van der Waals surface area contributed by atoms with Crippen molar-refractivity contribution >= 4 is 26.7 Å². The molecule has 9 heteroatoms. The molecule has 0 saturated carbocycles. The molecule has 0 saturated heterocycles. The van der Waals surface area contributed by atoms with E-state index in [0.29, 0.717) is 22.2 Å². The van der Waals surface area contributed by atoms with Crippen LogP contribution < -0.4 is 4.72 Å². The molecule has 2 heterocycles. The Morgan fingerprint density at radius 2 is 1.96 bits per heavy atom. The lowest BCUT2D eigenvalue weighted by Gasteiger charge is -2.16. The van der Waals surface area contributed by atoms with Crippen LogP contribution in [0.4, 0.5) is 18.9 Å². The summed E-state index contributed by atoms with van der Waals surface area (Å²) in [6, 6.07) is 6.85. The van der Waals surface area contributed by atoms with Crippen molar-refractivity contribution in [3.63, 3.8) is 0 Å². The molecule has 0 radical (unpaired) electrons. The highest BCUT2D eigenvalue weighted by Gasteiger charge is 2.35. The second kappa shape index (κ2) is 6.07. The fourth-order valence-electron chi connectivity index (χ4n) is 2.49. The number of fused-ring (bicyclic) bond motifs is 1. The number of hydrogen-bond donors (Lipinski definition) is 2. The quantitative estimate of drug-likeness (QED) is 0.730. The van der Waals surface area contributed by atoms with Crippen LogP contribution in [0.3, 0.4) is 0 Å². The summed E-state index contributed by atoms with van der Waals surface area (Å²) in [5, 5.41) is 0.678. The Kier molecular flexibility index (Phi) is 4.19. The zero-order chi connectivity index (χ0) is 18.2. The molecular weight excluding hydrogens is 355 g/mol. The van der Waals surface area contributed by atoms with Gasteiger partial charge in [0.25, 0.3) is 0 Å². The number of sulfonamides is 1. The molecule has 3 aromatic rings. The summed E-state index contributed by atoms with van der Waals surface area (Å²) >= 11 is 0. The van der Waals surface area contributed by atoms with Crippen molar-refractivity contribution in [2.24, 2.45) is 0 Å². The van der Waals surface area contributed by atoms with E-state index in [1.54, 1.807) is 18.3 Å². The molecule has 2 aromatic heterocycles. The van der Waals surface area contributed by atoms with Gasteiger partial charge in [-0.25, -0.2) is 13.4 Å². The first-order chi connectivity index (χ1) is 11.7. The van der Waals surface area contributed by atoms with Gasteiger partial charge in [-0.3, -0.25) is 4.72 Å². The van der Waals surface area contributed by atoms with Gasteiger partial charge in [0.05, 0.1) is 17.0 Å². The standard InChI is InChI=1S/C16H14F3N3O2S/c1-2-25(23,24)22-14-4-3-10(9-13(14)16(17,18)19)11-5-7-20-15-12(11)6-8-21-15/h3-9,22H,2H2,1H3,(H,20,21). The number of nitrogens with zero attached hydrogens (tertiary/aromatic N) is 1. The number of nitrogens with one attached hydrogen (secondary N) is 2. The predicted octanol–water partition coefficient (Wildman–Crippen LogP) is 4.01. The molecule has 1 aromatic carbocycles. The number of alkyl halides is 3. The van der Waals surface area contributed by atoms with E-state index in [-0.39, 0.29) is 5.75 Å². The Bertz CT molecular complexity index is 1030. The van der Waals surface area contributed by atoms with Gasteiger partial charge in [0, 0.05) is 17.8 Å². The van der Waals surface area contributed by atoms with E-state index in [9.17, 15) is 21.6 Å². The van der Waals surface area contributed by atoms with E-state index in [1.807, 2.05) is 4.72 Å². The minimum Gasteiger partial charge on any atom is -0.346 e. The third-order valence-electron chi connectivity index (χ3n) is 3.74. The van der Waals surface area contributed by atoms with Gasteiger partial charge in [-0.05, 0) is 42.3 Å². The topological polar surface area (TPSA) is 74.8 Å². The number of aromatic amines is 1. The average Bonchev–Trinajstić information content (AvgIpc) is 3.02. The molecule has 25 heavy (non-hydrogen) atoms. The minimum absolute atomic E-state index is 0.318. The molecule has 0 aliphatic carbocycles. The molecule has 0 aliphatic heterocycles. The number of benzene rings is 1. The second-order valence-corrected chi connectivity index (χ2v) is 7.37. The van der Waals surface area contributed by atoms with Gasteiger partial charge in [0.15, 0.2) is 0 Å². The molecule has 0 spiro atoms. The number of anilines is 1. The summed E-state index contributed by atoms with van der Waals surface area (Å²) in [6.45, 7) is 1.35. The van der Waals surface area contributed by atoms with Crippen LogP contribution in [0.5, 0.6) is 0 Å². The lowest BCUT2D eigenvalue weighted by atomic mass is 10.0. The van der Waals surface area contributed by atoms with Crippen molar-refractivity contribution in [3.8, 4) is 11.1 Å². The van der Waals surface area contributed by atoms with Crippen molar-refractivity contribution in [1.82, 2.24) is 9.97 Å². The summed E-state index contributed by atoms with van der Waals surface area (Å²) in [6.07, 6.45) is -1.56. The molecule has 5 nitrogen and oxygen atoms in total. The fourth-order valence-corrected chi connectivity index (χ4v) is 3.15. The van der Waals surface area contributed by atoms with Crippen LogP contribution in [-0.4, -0.2) is 24.1 Å². The van der Waals surface area contributed by atoms with Crippen LogP contribution in [-0.2, 0) is 16.2 Å². The van der Waals surface area contributed by atoms with Crippen molar-refractivity contribution in [3.05, 3.63) is 48.3 Å². The van der Waals surface area contributed by atoms with Gasteiger partial charge in [0.1, 0.15) is 5.65 Å². The summed E-state index contributed by atoms with van der Waals surface area (Å²) in [5.74, 6) is -0.319. The van der Waals surface area contributed by atoms with Crippen LogP contribution in [0.15, 0.2) is 42.7 Å². The first-order valence-electron chi connectivity index (χ1n) is 7.35. The summed E-state index contributed by atoms with van der Waals surface area (Å²) in [5.41, 5.74) is -0.0813.